The van der Waals surface area contributed by atoms with Gasteiger partial charge in [-0.25, -0.2) is 17.2 Å². The molecule has 0 radical (unpaired) electrons. The van der Waals surface area contributed by atoms with Crippen LogP contribution in [0.4, 0.5) is 22.0 Å². The number of aliphatic imine (C=N–C) groups is 1. The van der Waals surface area contributed by atoms with E-state index in [2.05, 4.69) is 4.99 Å². The summed E-state index contributed by atoms with van der Waals surface area (Å²) >= 11 is 0. The number of rotatable bonds is 2. The predicted molar refractivity (Wildman–Crippen MR) is 74.6 cm³/mol. The summed E-state index contributed by atoms with van der Waals surface area (Å²) < 4.78 is 89.6. The van der Waals surface area contributed by atoms with Gasteiger partial charge in [0, 0.05) is 18.2 Å². The first kappa shape index (κ1) is 17.0. The third-order valence-corrected chi connectivity index (χ3v) is 5.50. The average molecular weight is 367 g/mol. The van der Waals surface area contributed by atoms with Crippen LogP contribution in [0.3, 0.4) is 0 Å². The molecule has 0 fully saturated rings. The zero-order chi connectivity index (χ0) is 17.9. The third-order valence-electron chi connectivity index (χ3n) is 3.96. The van der Waals surface area contributed by atoms with Crippen molar-refractivity contribution in [3.8, 4) is 0 Å². The number of aliphatic hydroxyl groups is 1. The van der Waals surface area contributed by atoms with Crippen LogP contribution in [0.15, 0.2) is 28.1 Å². The lowest BCUT2D eigenvalue weighted by atomic mass is 9.97. The normalized spacial score (nSPS) is 22.6. The molecule has 1 aromatic carbocycles. The van der Waals surface area contributed by atoms with Gasteiger partial charge in [-0.1, -0.05) is 12.1 Å². The molecule has 1 aliphatic carbocycles. The Morgan fingerprint density at radius 1 is 1.25 bits per heavy atom. The van der Waals surface area contributed by atoms with Crippen molar-refractivity contribution in [1.29, 1.82) is 0 Å². The van der Waals surface area contributed by atoms with E-state index in [-0.39, 0.29) is 17.7 Å². The molecule has 24 heavy (non-hydrogen) atoms. The van der Waals surface area contributed by atoms with Crippen molar-refractivity contribution in [1.82, 2.24) is 0 Å². The zero-order valence-electron chi connectivity index (χ0n) is 11.8. The van der Waals surface area contributed by atoms with Crippen LogP contribution in [0.1, 0.15) is 22.8 Å². The number of hydrogen-bond donors (Lipinski definition) is 1. The highest BCUT2D eigenvalue weighted by molar-refractivity contribution is 7.92. The quantitative estimate of drug-likeness (QED) is 0.818. The summed E-state index contributed by atoms with van der Waals surface area (Å²) in [5.74, 6) is -3.76. The molecule has 1 N–H and O–H groups in total. The van der Waals surface area contributed by atoms with E-state index in [0.29, 0.717) is 11.6 Å². The largest absolute Gasteiger partial charge is 0.501 e. The molecule has 0 amide bonds. The van der Waals surface area contributed by atoms with Crippen LogP contribution in [-0.4, -0.2) is 37.7 Å². The van der Waals surface area contributed by atoms with Crippen molar-refractivity contribution in [2.24, 2.45) is 4.99 Å². The van der Waals surface area contributed by atoms with E-state index < -0.39 is 44.3 Å². The van der Waals surface area contributed by atoms with Gasteiger partial charge in [0.2, 0.25) is 0 Å². The number of fused-ring (bicyclic) bond motifs is 1. The van der Waals surface area contributed by atoms with Gasteiger partial charge in [0.25, 0.3) is 15.8 Å². The SMILES string of the molecule is O=S(=O)(c1ccc(C2=CCN=C2)c2c1[C@H](O)C(F)(F)C2)C(F)(F)F. The van der Waals surface area contributed by atoms with Crippen LogP contribution in [-0.2, 0) is 16.3 Å². The van der Waals surface area contributed by atoms with Crippen LogP contribution in [0.5, 0.6) is 0 Å². The minimum absolute atomic E-state index is 0.142. The van der Waals surface area contributed by atoms with Gasteiger partial charge in [0.15, 0.2) is 0 Å². The Kier molecular flexibility index (Phi) is 3.61. The van der Waals surface area contributed by atoms with Crippen LogP contribution in [0, 0.1) is 0 Å². The van der Waals surface area contributed by atoms with E-state index in [0.717, 1.165) is 6.07 Å². The first-order valence-electron chi connectivity index (χ1n) is 6.70. The fourth-order valence-corrected chi connectivity index (χ4v) is 3.86. The van der Waals surface area contributed by atoms with Crippen LogP contribution in [0.2, 0.25) is 0 Å². The molecule has 1 aliphatic heterocycles. The van der Waals surface area contributed by atoms with Gasteiger partial charge in [-0.05, 0) is 22.8 Å². The van der Waals surface area contributed by atoms with Gasteiger partial charge >= 0.3 is 5.51 Å². The van der Waals surface area contributed by atoms with Gasteiger partial charge in [-0.2, -0.15) is 13.2 Å². The maximum Gasteiger partial charge on any atom is 0.501 e. The standard InChI is InChI=1S/C14H10F5NO3S/c15-13(16)5-9-8(7-3-4-20-6-7)1-2-10(11(9)12(13)21)24(22,23)14(17,18)19/h1-3,6,12,21H,4-5H2/t12-/m0/s1. The average Bonchev–Trinajstić information content (AvgIpc) is 3.05. The number of benzene rings is 1. The Hall–Kier alpha value is -1.81. The predicted octanol–water partition coefficient (Wildman–Crippen LogP) is 2.67. The molecule has 0 aromatic heterocycles. The summed E-state index contributed by atoms with van der Waals surface area (Å²) in [6.45, 7) is 0.283. The molecule has 0 saturated heterocycles. The molecule has 0 spiro atoms. The Balaban J connectivity index is 2.30. The highest BCUT2D eigenvalue weighted by Crippen LogP contribution is 2.49. The number of hydrogen-bond acceptors (Lipinski definition) is 4. The molecular formula is C14H10F5NO3S. The molecule has 2 aliphatic rings. The van der Waals surface area contributed by atoms with Crippen molar-refractivity contribution < 1.29 is 35.5 Å². The lowest BCUT2D eigenvalue weighted by Gasteiger charge is -2.17. The molecule has 1 atom stereocenters. The molecule has 0 bridgehead atoms. The molecule has 0 saturated carbocycles. The monoisotopic (exact) mass is 367 g/mol. The fraction of sp³-hybridized carbons (Fsp3) is 0.357. The second-order valence-corrected chi connectivity index (χ2v) is 7.36. The molecule has 0 unspecified atom stereocenters. The van der Waals surface area contributed by atoms with Gasteiger partial charge in [0.1, 0.15) is 6.10 Å². The Labute approximate surface area is 133 Å². The summed E-state index contributed by atoms with van der Waals surface area (Å²) in [7, 11) is -5.87. The number of sulfone groups is 1. The van der Waals surface area contributed by atoms with E-state index in [9.17, 15) is 35.5 Å². The summed E-state index contributed by atoms with van der Waals surface area (Å²) in [5.41, 5.74) is -6.32. The van der Waals surface area contributed by atoms with E-state index in [1.807, 2.05) is 0 Å². The van der Waals surface area contributed by atoms with Crippen molar-refractivity contribution in [2.45, 2.75) is 28.9 Å². The minimum Gasteiger partial charge on any atom is -0.382 e. The lowest BCUT2D eigenvalue weighted by Crippen LogP contribution is -2.26. The van der Waals surface area contributed by atoms with Gasteiger partial charge in [0.05, 0.1) is 11.4 Å². The summed E-state index contributed by atoms with van der Waals surface area (Å²) in [5, 5.41) is 9.75. The number of alkyl halides is 5. The maximum absolute atomic E-state index is 13.9. The number of halogens is 5. The first-order chi connectivity index (χ1) is 11.0. The molecule has 130 valence electrons. The third kappa shape index (κ3) is 2.35. The summed E-state index contributed by atoms with van der Waals surface area (Å²) in [4.78, 5) is 2.53. The lowest BCUT2D eigenvalue weighted by molar-refractivity contribution is -0.0978. The Bertz CT molecular complexity index is 871. The highest BCUT2D eigenvalue weighted by Gasteiger charge is 2.54. The van der Waals surface area contributed by atoms with E-state index >= 15 is 0 Å². The summed E-state index contributed by atoms with van der Waals surface area (Å²) in [6, 6.07) is 1.64. The number of nitrogens with zero attached hydrogens (tertiary/aromatic N) is 1. The van der Waals surface area contributed by atoms with Crippen molar-refractivity contribution in [3.63, 3.8) is 0 Å². The van der Waals surface area contributed by atoms with Crippen LogP contribution >= 0.6 is 0 Å². The number of aliphatic hydroxyl groups excluding tert-OH is 1. The van der Waals surface area contributed by atoms with E-state index in [1.165, 1.54) is 6.21 Å². The minimum atomic E-state index is -5.87. The maximum atomic E-state index is 13.9. The van der Waals surface area contributed by atoms with Crippen molar-refractivity contribution in [3.05, 3.63) is 34.9 Å². The van der Waals surface area contributed by atoms with Crippen molar-refractivity contribution in [2.75, 3.05) is 6.54 Å². The molecule has 4 nitrogen and oxygen atoms in total. The number of allylic oxidation sites excluding steroid dienone is 1. The highest BCUT2D eigenvalue weighted by atomic mass is 32.2. The van der Waals surface area contributed by atoms with Crippen LogP contribution < -0.4 is 0 Å². The fourth-order valence-electron chi connectivity index (χ4n) is 2.84. The van der Waals surface area contributed by atoms with E-state index in [4.69, 9.17) is 0 Å². The van der Waals surface area contributed by atoms with Crippen molar-refractivity contribution >= 4 is 21.6 Å². The van der Waals surface area contributed by atoms with Gasteiger partial charge < -0.3 is 5.11 Å². The topological polar surface area (TPSA) is 66.7 Å². The zero-order valence-corrected chi connectivity index (χ0v) is 12.6. The Morgan fingerprint density at radius 2 is 1.92 bits per heavy atom. The molecule has 3 rings (SSSR count). The second kappa shape index (κ2) is 5.09. The first-order valence-corrected chi connectivity index (χ1v) is 8.18. The van der Waals surface area contributed by atoms with E-state index in [1.54, 1.807) is 6.08 Å². The molecular weight excluding hydrogens is 357 g/mol. The molecule has 1 aromatic rings. The molecule has 10 heteroatoms. The summed E-state index contributed by atoms with van der Waals surface area (Å²) in [6.07, 6.45) is -0.753. The smallest absolute Gasteiger partial charge is 0.382 e. The molecule has 1 heterocycles. The van der Waals surface area contributed by atoms with Gasteiger partial charge in [-0.15, -0.1) is 0 Å². The second-order valence-electron chi connectivity index (χ2n) is 5.45. The Morgan fingerprint density at radius 3 is 2.46 bits per heavy atom. The van der Waals surface area contributed by atoms with Crippen LogP contribution in [0.25, 0.3) is 5.57 Å². The van der Waals surface area contributed by atoms with Gasteiger partial charge in [-0.3, -0.25) is 4.99 Å².